The summed E-state index contributed by atoms with van der Waals surface area (Å²) in [4.78, 5) is 30.6. The number of aromatic nitrogens is 4. The number of aromatic amines is 1. The van der Waals surface area contributed by atoms with Gasteiger partial charge in [0.05, 0.1) is 6.54 Å². The molecule has 0 aliphatic carbocycles. The number of halogens is 1. The fourth-order valence-electron chi connectivity index (χ4n) is 2.53. The largest absolute Gasteiger partial charge is 0.491 e. The number of ether oxygens (including phenoxy) is 1. The van der Waals surface area contributed by atoms with Crippen LogP contribution < -0.4 is 16.0 Å². The highest BCUT2D eigenvalue weighted by molar-refractivity contribution is 7.98. The fourth-order valence-corrected chi connectivity index (χ4v) is 3.22. The number of benzene rings is 1. The fraction of sp³-hybridized carbons (Fsp3) is 0.312. The lowest BCUT2D eigenvalue weighted by Gasteiger charge is -2.14. The smallest absolute Gasteiger partial charge is 0.329 e. The molecule has 10 heteroatoms. The summed E-state index contributed by atoms with van der Waals surface area (Å²) in [5, 5.41) is 11.5. The number of aryl methyl sites for hydroxylation is 1. The van der Waals surface area contributed by atoms with Crippen molar-refractivity contribution in [1.29, 1.82) is 0 Å². The minimum atomic E-state index is -0.884. The number of imidazole rings is 1. The number of fused-ring (bicyclic) bond motifs is 1. The zero-order valence-corrected chi connectivity index (χ0v) is 15.7. The third kappa shape index (κ3) is 3.64. The second-order valence-corrected chi connectivity index (χ2v) is 6.83. The highest BCUT2D eigenvalue weighted by Crippen LogP contribution is 2.20. The van der Waals surface area contributed by atoms with Crippen molar-refractivity contribution in [2.24, 2.45) is 7.05 Å². The zero-order chi connectivity index (χ0) is 18.8. The maximum Gasteiger partial charge on any atom is 0.329 e. The van der Waals surface area contributed by atoms with Gasteiger partial charge in [-0.2, -0.15) is 0 Å². The minimum Gasteiger partial charge on any atom is -0.491 e. The first kappa shape index (κ1) is 18.6. The van der Waals surface area contributed by atoms with Crippen LogP contribution in [0.25, 0.3) is 11.2 Å². The first-order valence-electron chi connectivity index (χ1n) is 7.70. The van der Waals surface area contributed by atoms with E-state index in [1.807, 2.05) is 0 Å². The normalized spacial score (nSPS) is 12.5. The van der Waals surface area contributed by atoms with Crippen molar-refractivity contribution >= 4 is 34.5 Å². The van der Waals surface area contributed by atoms with Crippen LogP contribution in [0.15, 0.2) is 39.0 Å². The van der Waals surface area contributed by atoms with Crippen LogP contribution in [0, 0.1) is 0 Å². The van der Waals surface area contributed by atoms with Crippen molar-refractivity contribution in [2.75, 3.05) is 12.9 Å². The van der Waals surface area contributed by atoms with E-state index in [1.54, 1.807) is 35.1 Å². The van der Waals surface area contributed by atoms with Gasteiger partial charge in [0.1, 0.15) is 18.5 Å². The molecule has 1 aromatic carbocycles. The second kappa shape index (κ2) is 7.56. The molecule has 0 fully saturated rings. The van der Waals surface area contributed by atoms with Gasteiger partial charge in [-0.1, -0.05) is 23.4 Å². The van der Waals surface area contributed by atoms with E-state index in [2.05, 4.69) is 9.97 Å². The van der Waals surface area contributed by atoms with Crippen molar-refractivity contribution < 1.29 is 9.84 Å². The number of rotatable bonds is 6. The maximum absolute atomic E-state index is 12.2. The van der Waals surface area contributed by atoms with Crippen molar-refractivity contribution in [3.05, 3.63) is 50.1 Å². The highest BCUT2D eigenvalue weighted by atomic mass is 35.5. The molecule has 0 spiro atoms. The molecule has 0 saturated carbocycles. The predicted octanol–water partition coefficient (Wildman–Crippen LogP) is 1.24. The molecule has 0 bridgehead atoms. The van der Waals surface area contributed by atoms with Gasteiger partial charge in [-0.05, 0) is 30.5 Å². The molecule has 0 saturated heterocycles. The van der Waals surface area contributed by atoms with Gasteiger partial charge >= 0.3 is 5.69 Å². The number of H-pyrrole nitrogens is 1. The second-order valence-electron chi connectivity index (χ2n) is 5.62. The zero-order valence-electron chi connectivity index (χ0n) is 14.1. The molecule has 0 aliphatic heterocycles. The van der Waals surface area contributed by atoms with Crippen molar-refractivity contribution in [2.45, 2.75) is 17.8 Å². The van der Waals surface area contributed by atoms with Gasteiger partial charge in [0, 0.05) is 12.1 Å². The summed E-state index contributed by atoms with van der Waals surface area (Å²) >= 11 is 7.14. The SMILES string of the molecule is CSc1nc2c(c(=O)[nH]c(=O)n2C)n1CC(O)COc1ccc(Cl)cc1. The van der Waals surface area contributed by atoms with Crippen LogP contribution in [0.5, 0.6) is 5.75 Å². The Morgan fingerprint density at radius 3 is 2.69 bits per heavy atom. The number of aliphatic hydroxyl groups excluding tert-OH is 1. The van der Waals surface area contributed by atoms with Crippen molar-refractivity contribution in [3.8, 4) is 5.75 Å². The van der Waals surface area contributed by atoms with Crippen molar-refractivity contribution in [3.63, 3.8) is 0 Å². The van der Waals surface area contributed by atoms with Gasteiger partial charge in [0.15, 0.2) is 16.3 Å². The molecule has 0 amide bonds. The molecule has 2 aromatic heterocycles. The molecule has 138 valence electrons. The van der Waals surface area contributed by atoms with Gasteiger partial charge < -0.3 is 14.4 Å². The summed E-state index contributed by atoms with van der Waals surface area (Å²) in [6.45, 7) is 0.125. The van der Waals surface area contributed by atoms with Crippen molar-refractivity contribution in [1.82, 2.24) is 19.1 Å². The van der Waals surface area contributed by atoms with Crippen LogP contribution in [-0.2, 0) is 13.6 Å². The van der Waals surface area contributed by atoms with Gasteiger partial charge in [0.2, 0.25) is 0 Å². The summed E-state index contributed by atoms with van der Waals surface area (Å²) in [6, 6.07) is 6.79. The average Bonchev–Trinajstić information content (AvgIpc) is 2.98. The Kier molecular flexibility index (Phi) is 5.40. The van der Waals surface area contributed by atoms with E-state index in [1.165, 1.54) is 23.4 Å². The number of hydrogen-bond acceptors (Lipinski definition) is 6. The molecule has 2 N–H and O–H groups in total. The Morgan fingerprint density at radius 1 is 1.35 bits per heavy atom. The summed E-state index contributed by atoms with van der Waals surface area (Å²) in [6.07, 6.45) is 0.922. The molecule has 3 rings (SSSR count). The first-order valence-corrected chi connectivity index (χ1v) is 9.31. The predicted molar refractivity (Wildman–Crippen MR) is 100 cm³/mol. The summed E-state index contributed by atoms with van der Waals surface area (Å²) < 4.78 is 8.40. The van der Waals surface area contributed by atoms with E-state index in [4.69, 9.17) is 16.3 Å². The molecule has 26 heavy (non-hydrogen) atoms. The average molecular weight is 397 g/mol. The topological polar surface area (TPSA) is 102 Å². The molecular weight excluding hydrogens is 380 g/mol. The molecule has 2 heterocycles. The summed E-state index contributed by atoms with van der Waals surface area (Å²) in [7, 11) is 1.53. The van der Waals surface area contributed by atoms with Crippen LogP contribution in [0.4, 0.5) is 0 Å². The maximum atomic E-state index is 12.2. The van der Waals surface area contributed by atoms with E-state index in [-0.39, 0.29) is 24.3 Å². The van der Waals surface area contributed by atoms with Gasteiger partial charge in [0.25, 0.3) is 5.56 Å². The Labute approximate surface area is 157 Å². The molecule has 0 radical (unpaired) electrons. The van der Waals surface area contributed by atoms with Gasteiger partial charge in [-0.3, -0.25) is 14.3 Å². The molecule has 1 unspecified atom stereocenters. The number of thioether (sulfide) groups is 1. The lowest BCUT2D eigenvalue weighted by Crippen LogP contribution is -2.30. The standard InChI is InChI=1S/C16H17ClN4O4S/c1-20-13-12(14(23)19-15(20)24)21(16(18-13)26-2)7-10(22)8-25-11-5-3-9(17)4-6-11/h3-6,10,22H,7-8H2,1-2H3,(H,19,23,24). The van der Waals surface area contributed by atoms with E-state index in [0.29, 0.717) is 15.9 Å². The molecule has 8 nitrogen and oxygen atoms in total. The van der Waals surface area contributed by atoms with Crippen LogP contribution in [0.2, 0.25) is 5.02 Å². The molecule has 1 atom stereocenters. The molecular formula is C16H17ClN4O4S. The Hall–Kier alpha value is -2.23. The Morgan fingerprint density at radius 2 is 2.04 bits per heavy atom. The minimum absolute atomic E-state index is 0.0266. The Balaban J connectivity index is 1.85. The van der Waals surface area contributed by atoms with Gasteiger partial charge in [-0.25, -0.2) is 9.78 Å². The van der Waals surface area contributed by atoms with E-state index in [0.717, 1.165) is 0 Å². The number of nitrogens with one attached hydrogen (secondary N) is 1. The third-order valence-corrected chi connectivity index (χ3v) is 4.73. The molecule has 3 aromatic rings. The lowest BCUT2D eigenvalue weighted by molar-refractivity contribution is 0.0914. The van der Waals surface area contributed by atoms with E-state index >= 15 is 0 Å². The van der Waals surface area contributed by atoms with Crippen LogP contribution >= 0.6 is 23.4 Å². The summed E-state index contributed by atoms with van der Waals surface area (Å²) in [5.74, 6) is 0.578. The Bertz CT molecular complexity index is 1040. The van der Waals surface area contributed by atoms with E-state index < -0.39 is 17.4 Å². The quantitative estimate of drug-likeness (QED) is 0.608. The van der Waals surface area contributed by atoms with Crippen LogP contribution in [0.1, 0.15) is 0 Å². The monoisotopic (exact) mass is 396 g/mol. The summed E-state index contributed by atoms with van der Waals surface area (Å²) in [5.41, 5.74) is -0.566. The number of aliphatic hydroxyl groups is 1. The van der Waals surface area contributed by atoms with E-state index in [9.17, 15) is 14.7 Å². The number of nitrogens with zero attached hydrogens (tertiary/aromatic N) is 3. The third-order valence-electron chi connectivity index (χ3n) is 3.80. The lowest BCUT2D eigenvalue weighted by atomic mass is 10.3. The first-order chi connectivity index (χ1) is 12.4. The van der Waals surface area contributed by atoms with Gasteiger partial charge in [-0.15, -0.1) is 0 Å². The van der Waals surface area contributed by atoms with Crippen LogP contribution in [0.3, 0.4) is 0 Å². The highest BCUT2D eigenvalue weighted by Gasteiger charge is 2.19. The van der Waals surface area contributed by atoms with Crippen LogP contribution in [-0.4, -0.2) is 43.2 Å². The molecule has 0 aliphatic rings. The number of hydrogen-bond donors (Lipinski definition) is 2.